The second-order valence-corrected chi connectivity index (χ2v) is 9.21. The van der Waals surface area contributed by atoms with Crippen molar-refractivity contribution in [3.8, 4) is 11.5 Å². The largest absolute Gasteiger partial charge is 0.497 e. The average Bonchev–Trinajstić information content (AvgIpc) is 2.79. The molecule has 1 aliphatic heterocycles. The van der Waals surface area contributed by atoms with E-state index in [0.717, 1.165) is 0 Å². The van der Waals surface area contributed by atoms with Crippen molar-refractivity contribution in [3.63, 3.8) is 0 Å². The van der Waals surface area contributed by atoms with Crippen LogP contribution in [0.15, 0.2) is 94.4 Å². The molecule has 0 radical (unpaired) electrons. The highest BCUT2D eigenvalue weighted by Gasteiger charge is 2.38. The van der Waals surface area contributed by atoms with E-state index < -0.39 is 15.8 Å². The lowest BCUT2D eigenvalue weighted by Crippen LogP contribution is -2.23. The second-order valence-electron chi connectivity index (χ2n) is 7.29. The minimum Gasteiger partial charge on any atom is -0.497 e. The summed E-state index contributed by atoms with van der Waals surface area (Å²) < 4.78 is 38.5. The Hall–Kier alpha value is -3.38. The van der Waals surface area contributed by atoms with Gasteiger partial charge in [0.1, 0.15) is 17.3 Å². The lowest BCUT2D eigenvalue weighted by atomic mass is 9.88. The van der Waals surface area contributed by atoms with E-state index in [1.54, 1.807) is 79.7 Å². The Morgan fingerprint density at radius 3 is 2.26 bits per heavy atom. The van der Waals surface area contributed by atoms with Crippen molar-refractivity contribution in [2.75, 3.05) is 7.11 Å². The summed E-state index contributed by atoms with van der Waals surface area (Å²) in [5.74, 6) is 0.519. The highest BCUT2D eigenvalue weighted by Crippen LogP contribution is 2.46. The summed E-state index contributed by atoms with van der Waals surface area (Å²) in [6, 6.07) is 22.3. The SMILES string of the molecule is COc1ccc2c(c1)C(CC(=O)c1ccccc1)C(S(=O)(=O)c1ccccc1)=C(C)O2. The number of hydrogen-bond donors (Lipinski definition) is 0. The van der Waals surface area contributed by atoms with Crippen molar-refractivity contribution in [2.24, 2.45) is 0 Å². The molecule has 0 aliphatic carbocycles. The third kappa shape index (κ3) is 3.99. The van der Waals surface area contributed by atoms with E-state index in [4.69, 9.17) is 9.47 Å². The van der Waals surface area contributed by atoms with Gasteiger partial charge in [-0.25, -0.2) is 8.42 Å². The van der Waals surface area contributed by atoms with Gasteiger partial charge in [0, 0.05) is 23.5 Å². The standard InChI is InChI=1S/C25H22O5S/c1-17-25(31(27,28)20-11-7-4-8-12-20)22(16-23(26)18-9-5-3-6-10-18)21-15-19(29-2)13-14-24(21)30-17/h3-15,22H,16H2,1-2H3. The molecule has 4 rings (SSSR count). The van der Waals surface area contributed by atoms with Crippen LogP contribution in [0.3, 0.4) is 0 Å². The van der Waals surface area contributed by atoms with Crippen molar-refractivity contribution in [1.29, 1.82) is 0 Å². The summed E-state index contributed by atoms with van der Waals surface area (Å²) in [4.78, 5) is 13.4. The fourth-order valence-electron chi connectivity index (χ4n) is 3.85. The summed E-state index contributed by atoms with van der Waals surface area (Å²) in [5.41, 5.74) is 1.15. The number of carbonyl (C=O) groups is 1. The van der Waals surface area contributed by atoms with Crippen molar-refractivity contribution in [3.05, 3.63) is 101 Å². The van der Waals surface area contributed by atoms with Crippen LogP contribution in [-0.2, 0) is 9.84 Å². The number of rotatable bonds is 6. The van der Waals surface area contributed by atoms with Gasteiger partial charge >= 0.3 is 0 Å². The van der Waals surface area contributed by atoms with Crippen LogP contribution >= 0.6 is 0 Å². The number of sulfone groups is 1. The minimum absolute atomic E-state index is 0.00766. The molecular weight excluding hydrogens is 412 g/mol. The molecule has 31 heavy (non-hydrogen) atoms. The molecule has 0 amide bonds. The Bertz CT molecular complexity index is 1250. The second kappa shape index (κ2) is 8.40. The summed E-state index contributed by atoms with van der Waals surface area (Å²) in [6.07, 6.45) is -0.00766. The van der Waals surface area contributed by atoms with E-state index in [9.17, 15) is 13.2 Å². The van der Waals surface area contributed by atoms with Crippen LogP contribution in [0.5, 0.6) is 11.5 Å². The monoisotopic (exact) mass is 434 g/mol. The molecule has 1 heterocycles. The van der Waals surface area contributed by atoms with Gasteiger partial charge in [0.15, 0.2) is 5.78 Å². The topological polar surface area (TPSA) is 69.7 Å². The molecule has 0 fully saturated rings. The Kier molecular flexibility index (Phi) is 5.65. The van der Waals surface area contributed by atoms with Crippen molar-refractivity contribution < 1.29 is 22.7 Å². The van der Waals surface area contributed by atoms with E-state index in [-0.39, 0.29) is 27.8 Å². The number of fused-ring (bicyclic) bond motifs is 1. The number of benzene rings is 3. The predicted molar refractivity (Wildman–Crippen MR) is 118 cm³/mol. The van der Waals surface area contributed by atoms with Crippen LogP contribution in [0.4, 0.5) is 0 Å². The van der Waals surface area contributed by atoms with Crippen LogP contribution in [0.1, 0.15) is 35.2 Å². The van der Waals surface area contributed by atoms with E-state index in [0.29, 0.717) is 22.6 Å². The van der Waals surface area contributed by atoms with E-state index in [1.807, 2.05) is 6.07 Å². The molecule has 0 saturated heterocycles. The Balaban J connectivity index is 1.86. The summed E-state index contributed by atoms with van der Waals surface area (Å²) in [6.45, 7) is 1.63. The molecule has 0 aromatic heterocycles. The first-order valence-corrected chi connectivity index (χ1v) is 11.3. The fraction of sp³-hybridized carbons (Fsp3) is 0.160. The number of methoxy groups -OCH3 is 1. The molecule has 3 aromatic carbocycles. The molecule has 1 atom stereocenters. The number of allylic oxidation sites excluding steroid dienone is 2. The lowest BCUT2D eigenvalue weighted by molar-refractivity contribution is 0.0977. The highest BCUT2D eigenvalue weighted by molar-refractivity contribution is 7.95. The molecule has 0 N–H and O–H groups in total. The molecule has 0 bridgehead atoms. The van der Waals surface area contributed by atoms with E-state index in [1.165, 1.54) is 7.11 Å². The van der Waals surface area contributed by atoms with Gasteiger partial charge in [-0.05, 0) is 37.3 Å². The summed E-state index contributed by atoms with van der Waals surface area (Å²) >= 11 is 0. The molecule has 158 valence electrons. The normalized spacial score (nSPS) is 15.7. The van der Waals surface area contributed by atoms with Gasteiger partial charge in [0.05, 0.1) is 16.9 Å². The quantitative estimate of drug-likeness (QED) is 0.502. The first kappa shape index (κ1) is 20.9. The number of ketones is 1. The van der Waals surface area contributed by atoms with E-state index in [2.05, 4.69) is 0 Å². The van der Waals surface area contributed by atoms with Crippen molar-refractivity contribution in [2.45, 2.75) is 24.2 Å². The summed E-state index contributed by atoms with van der Waals surface area (Å²) in [5, 5.41) is 0. The average molecular weight is 435 g/mol. The number of hydrogen-bond acceptors (Lipinski definition) is 5. The van der Waals surface area contributed by atoms with Crippen molar-refractivity contribution >= 4 is 15.6 Å². The molecule has 6 heteroatoms. The van der Waals surface area contributed by atoms with Crippen LogP contribution in [-0.4, -0.2) is 21.3 Å². The predicted octanol–water partition coefficient (Wildman–Crippen LogP) is 5.15. The maximum Gasteiger partial charge on any atom is 0.206 e. The van der Waals surface area contributed by atoms with Gasteiger partial charge in [0.2, 0.25) is 9.84 Å². The lowest BCUT2D eigenvalue weighted by Gasteiger charge is -2.29. The third-order valence-corrected chi connectivity index (χ3v) is 7.39. The highest BCUT2D eigenvalue weighted by atomic mass is 32.2. The zero-order valence-electron chi connectivity index (χ0n) is 17.2. The fourth-order valence-corrected chi connectivity index (χ4v) is 5.63. The maximum atomic E-state index is 13.6. The molecule has 5 nitrogen and oxygen atoms in total. The molecule has 1 unspecified atom stereocenters. The number of carbonyl (C=O) groups excluding carboxylic acids is 1. The van der Waals surface area contributed by atoms with Crippen LogP contribution < -0.4 is 9.47 Å². The van der Waals surface area contributed by atoms with Gasteiger partial charge in [-0.15, -0.1) is 0 Å². The maximum absolute atomic E-state index is 13.6. The van der Waals surface area contributed by atoms with Gasteiger partial charge < -0.3 is 9.47 Å². The molecule has 1 aliphatic rings. The van der Waals surface area contributed by atoms with Crippen LogP contribution in [0, 0.1) is 0 Å². The third-order valence-electron chi connectivity index (χ3n) is 5.35. The Morgan fingerprint density at radius 1 is 0.968 bits per heavy atom. The van der Waals surface area contributed by atoms with E-state index >= 15 is 0 Å². The first-order valence-electron chi connectivity index (χ1n) is 9.86. The van der Waals surface area contributed by atoms with Gasteiger partial charge in [-0.1, -0.05) is 48.5 Å². The Morgan fingerprint density at radius 2 is 1.61 bits per heavy atom. The molecule has 0 spiro atoms. The number of Topliss-reactive ketones (excluding diaryl/α,β-unsaturated/α-hetero) is 1. The Labute approximate surface area is 181 Å². The van der Waals surface area contributed by atoms with Crippen molar-refractivity contribution in [1.82, 2.24) is 0 Å². The minimum atomic E-state index is -3.89. The zero-order chi connectivity index (χ0) is 22.0. The zero-order valence-corrected chi connectivity index (χ0v) is 18.1. The molecule has 3 aromatic rings. The van der Waals surface area contributed by atoms with Gasteiger partial charge in [0.25, 0.3) is 0 Å². The van der Waals surface area contributed by atoms with Gasteiger partial charge in [-0.3, -0.25) is 4.79 Å². The molecular formula is C25H22O5S. The number of ether oxygens (including phenoxy) is 2. The summed E-state index contributed by atoms with van der Waals surface area (Å²) in [7, 11) is -2.35. The smallest absolute Gasteiger partial charge is 0.206 e. The van der Waals surface area contributed by atoms with Crippen LogP contribution in [0.25, 0.3) is 0 Å². The van der Waals surface area contributed by atoms with Gasteiger partial charge in [-0.2, -0.15) is 0 Å². The van der Waals surface area contributed by atoms with Crippen LogP contribution in [0.2, 0.25) is 0 Å². The molecule has 0 saturated carbocycles. The first-order chi connectivity index (χ1) is 14.9.